The van der Waals surface area contributed by atoms with Crippen LogP contribution in [0.15, 0.2) is 66.7 Å². The summed E-state index contributed by atoms with van der Waals surface area (Å²) in [6.07, 6.45) is 0.719. The Morgan fingerprint density at radius 3 is 2.63 bits per heavy atom. The van der Waals surface area contributed by atoms with Crippen molar-refractivity contribution in [2.24, 2.45) is 0 Å². The standard InChI is InChI=1S/C26H25N5O4/c1-27-25(32)24-19-10-8-17(14-20(19)29-30-24)18-9-11-23(34-2)21(15-18)28-26(33)31-22(12-13-35-31)16-6-4-3-5-7-16/h3-11,14-15,22H,12-13H2,1-2H3,(H,27,32)(H,28,33)(H,29,30)/t22-/m0/s1. The van der Waals surface area contributed by atoms with Crippen LogP contribution in [0.5, 0.6) is 5.75 Å². The number of hydroxylamine groups is 2. The van der Waals surface area contributed by atoms with Crippen LogP contribution in [-0.4, -0.2) is 48.0 Å². The van der Waals surface area contributed by atoms with Crippen LogP contribution in [0.4, 0.5) is 10.5 Å². The second-order valence-electron chi connectivity index (χ2n) is 8.13. The van der Waals surface area contributed by atoms with E-state index in [0.29, 0.717) is 23.7 Å². The van der Waals surface area contributed by atoms with Crippen LogP contribution in [0, 0.1) is 0 Å². The Hall–Kier alpha value is -4.37. The highest BCUT2D eigenvalue weighted by Gasteiger charge is 2.32. The van der Waals surface area contributed by atoms with E-state index in [1.165, 1.54) is 5.06 Å². The van der Waals surface area contributed by atoms with Crippen molar-refractivity contribution in [1.82, 2.24) is 20.6 Å². The van der Waals surface area contributed by atoms with Gasteiger partial charge in [0.15, 0.2) is 5.69 Å². The smallest absolute Gasteiger partial charge is 0.346 e. The lowest BCUT2D eigenvalue weighted by molar-refractivity contribution is -0.0829. The average molecular weight is 472 g/mol. The lowest BCUT2D eigenvalue weighted by Crippen LogP contribution is -2.33. The fourth-order valence-electron chi connectivity index (χ4n) is 4.29. The molecule has 1 saturated heterocycles. The fourth-order valence-corrected chi connectivity index (χ4v) is 4.29. The molecule has 3 N–H and O–H groups in total. The molecule has 5 rings (SSSR count). The van der Waals surface area contributed by atoms with Gasteiger partial charge in [-0.15, -0.1) is 0 Å². The molecule has 1 aromatic heterocycles. The monoisotopic (exact) mass is 471 g/mol. The van der Waals surface area contributed by atoms with Crippen LogP contribution in [0.25, 0.3) is 22.0 Å². The van der Waals surface area contributed by atoms with Crippen LogP contribution in [0.2, 0.25) is 0 Å². The number of H-pyrrole nitrogens is 1. The van der Waals surface area contributed by atoms with Gasteiger partial charge < -0.3 is 15.4 Å². The van der Waals surface area contributed by atoms with Gasteiger partial charge in [0.25, 0.3) is 5.91 Å². The lowest BCUT2D eigenvalue weighted by atomic mass is 10.0. The number of nitrogens with one attached hydrogen (secondary N) is 3. The van der Waals surface area contributed by atoms with Crippen LogP contribution < -0.4 is 15.4 Å². The normalized spacial score (nSPS) is 15.3. The minimum absolute atomic E-state index is 0.164. The number of anilines is 1. The maximum atomic E-state index is 13.2. The fraction of sp³-hybridized carbons (Fsp3) is 0.192. The zero-order chi connectivity index (χ0) is 24.4. The number of carbonyl (C=O) groups is 2. The maximum absolute atomic E-state index is 13.2. The predicted molar refractivity (Wildman–Crippen MR) is 132 cm³/mol. The van der Waals surface area contributed by atoms with E-state index in [9.17, 15) is 9.59 Å². The lowest BCUT2D eigenvalue weighted by Gasteiger charge is -2.23. The van der Waals surface area contributed by atoms with Crippen molar-refractivity contribution in [2.45, 2.75) is 12.5 Å². The molecule has 35 heavy (non-hydrogen) atoms. The Labute approximate surface area is 202 Å². The molecule has 3 aromatic carbocycles. The molecule has 0 bridgehead atoms. The molecule has 2 heterocycles. The minimum atomic E-state index is -0.369. The SMILES string of the molecule is CNC(=O)c1n[nH]c2cc(-c3ccc(OC)c(NC(=O)N4OCC[C@H]4c4ccccc4)c3)ccc12. The van der Waals surface area contributed by atoms with Gasteiger partial charge in [-0.3, -0.25) is 14.7 Å². The van der Waals surface area contributed by atoms with E-state index in [1.807, 2.05) is 60.7 Å². The largest absolute Gasteiger partial charge is 0.495 e. The van der Waals surface area contributed by atoms with Gasteiger partial charge in [-0.25, -0.2) is 4.79 Å². The third-order valence-electron chi connectivity index (χ3n) is 6.07. The van der Waals surface area contributed by atoms with Crippen molar-refractivity contribution in [1.29, 1.82) is 0 Å². The van der Waals surface area contributed by atoms with Crippen molar-refractivity contribution in [3.63, 3.8) is 0 Å². The van der Waals surface area contributed by atoms with Crippen molar-refractivity contribution in [3.05, 3.63) is 78.0 Å². The van der Waals surface area contributed by atoms with Crippen LogP contribution in [0.1, 0.15) is 28.5 Å². The number of methoxy groups -OCH3 is 1. The van der Waals surface area contributed by atoms with Crippen molar-refractivity contribution >= 4 is 28.5 Å². The molecular formula is C26H25N5O4. The first-order chi connectivity index (χ1) is 17.1. The van der Waals surface area contributed by atoms with Gasteiger partial charge in [-0.1, -0.05) is 42.5 Å². The molecule has 1 atom stereocenters. The number of rotatable bonds is 5. The van der Waals surface area contributed by atoms with Gasteiger partial charge in [0.1, 0.15) is 5.75 Å². The first kappa shape index (κ1) is 22.4. The van der Waals surface area contributed by atoms with E-state index < -0.39 is 0 Å². The van der Waals surface area contributed by atoms with Gasteiger partial charge >= 0.3 is 6.03 Å². The molecule has 178 valence electrons. The van der Waals surface area contributed by atoms with Crippen molar-refractivity contribution in [2.75, 3.05) is 26.1 Å². The summed E-state index contributed by atoms with van der Waals surface area (Å²) >= 11 is 0. The molecule has 1 aliphatic heterocycles. The minimum Gasteiger partial charge on any atom is -0.495 e. The highest BCUT2D eigenvalue weighted by Crippen LogP contribution is 2.35. The summed E-state index contributed by atoms with van der Waals surface area (Å²) in [7, 11) is 3.13. The number of amides is 3. The summed E-state index contributed by atoms with van der Waals surface area (Å²) in [6.45, 7) is 0.465. The quantitative estimate of drug-likeness (QED) is 0.397. The second kappa shape index (κ2) is 9.47. The first-order valence-electron chi connectivity index (χ1n) is 11.3. The maximum Gasteiger partial charge on any atom is 0.346 e. The number of nitrogens with zero attached hydrogens (tertiary/aromatic N) is 2. The summed E-state index contributed by atoms with van der Waals surface area (Å²) < 4.78 is 5.49. The van der Waals surface area contributed by atoms with Crippen LogP contribution >= 0.6 is 0 Å². The number of carbonyl (C=O) groups excluding carboxylic acids is 2. The number of aromatic nitrogens is 2. The van der Waals surface area contributed by atoms with Crippen molar-refractivity contribution < 1.29 is 19.2 Å². The third kappa shape index (κ3) is 4.29. The van der Waals surface area contributed by atoms with E-state index >= 15 is 0 Å². The van der Waals surface area contributed by atoms with Gasteiger partial charge in [0.2, 0.25) is 0 Å². The molecule has 0 aliphatic carbocycles. The Morgan fingerprint density at radius 2 is 1.86 bits per heavy atom. The number of fused-ring (bicyclic) bond motifs is 1. The highest BCUT2D eigenvalue weighted by molar-refractivity contribution is 6.05. The predicted octanol–water partition coefficient (Wildman–Crippen LogP) is 4.51. The summed E-state index contributed by atoms with van der Waals surface area (Å²) in [5.74, 6) is 0.276. The number of ether oxygens (including phenoxy) is 1. The van der Waals surface area contributed by atoms with Gasteiger partial charge in [0, 0.05) is 18.9 Å². The molecule has 1 aliphatic rings. The second-order valence-corrected chi connectivity index (χ2v) is 8.13. The zero-order valence-electron chi connectivity index (χ0n) is 19.4. The average Bonchev–Trinajstić information content (AvgIpc) is 3.56. The molecule has 0 unspecified atom stereocenters. The highest BCUT2D eigenvalue weighted by atomic mass is 16.7. The Bertz CT molecular complexity index is 1390. The van der Waals surface area contributed by atoms with Crippen molar-refractivity contribution in [3.8, 4) is 16.9 Å². The Morgan fingerprint density at radius 1 is 1.09 bits per heavy atom. The molecular weight excluding hydrogens is 446 g/mol. The summed E-state index contributed by atoms with van der Waals surface area (Å²) in [4.78, 5) is 30.8. The van der Waals surface area contributed by atoms with E-state index in [4.69, 9.17) is 9.57 Å². The third-order valence-corrected chi connectivity index (χ3v) is 6.07. The summed E-state index contributed by atoms with van der Waals surface area (Å²) in [6, 6.07) is 20.5. The Balaban J connectivity index is 1.42. The number of hydrogen-bond acceptors (Lipinski definition) is 5. The number of benzene rings is 3. The molecule has 9 nitrogen and oxygen atoms in total. The van der Waals surface area contributed by atoms with Crippen LogP contribution in [0.3, 0.4) is 0 Å². The van der Waals surface area contributed by atoms with Gasteiger partial charge in [-0.2, -0.15) is 10.2 Å². The number of aromatic amines is 1. The van der Waals surface area contributed by atoms with Gasteiger partial charge in [0.05, 0.1) is 31.0 Å². The number of urea groups is 1. The van der Waals surface area contributed by atoms with Crippen LogP contribution in [-0.2, 0) is 4.84 Å². The van der Waals surface area contributed by atoms with E-state index in [-0.39, 0.29) is 18.0 Å². The van der Waals surface area contributed by atoms with E-state index in [0.717, 1.165) is 34.0 Å². The zero-order valence-corrected chi connectivity index (χ0v) is 19.4. The van der Waals surface area contributed by atoms with E-state index in [1.54, 1.807) is 20.2 Å². The number of hydrogen-bond donors (Lipinski definition) is 3. The molecule has 0 radical (unpaired) electrons. The topological polar surface area (TPSA) is 109 Å². The summed E-state index contributed by atoms with van der Waals surface area (Å²) in [5.41, 5.74) is 4.37. The summed E-state index contributed by atoms with van der Waals surface area (Å²) in [5, 5.41) is 14.7. The van der Waals surface area contributed by atoms with E-state index in [2.05, 4.69) is 20.8 Å². The van der Waals surface area contributed by atoms with Gasteiger partial charge in [-0.05, 0) is 41.0 Å². The molecule has 9 heteroatoms. The molecule has 1 fully saturated rings. The first-order valence-corrected chi connectivity index (χ1v) is 11.3. The molecule has 0 spiro atoms. The Kier molecular flexibility index (Phi) is 6.07. The molecule has 4 aromatic rings. The molecule has 3 amide bonds. The molecule has 0 saturated carbocycles.